The summed E-state index contributed by atoms with van der Waals surface area (Å²) in [6.07, 6.45) is 8.33. The van der Waals surface area contributed by atoms with E-state index in [0.29, 0.717) is 0 Å². The molecule has 0 spiro atoms. The second kappa shape index (κ2) is 3.23. The van der Waals surface area contributed by atoms with E-state index in [2.05, 4.69) is 25.2 Å². The molecule has 37 valence electrons. The summed E-state index contributed by atoms with van der Waals surface area (Å²) in [6, 6.07) is 0. The number of hydrogen-bond donors (Lipinski definition) is 0. The van der Waals surface area contributed by atoms with Crippen molar-refractivity contribution in [1.29, 1.82) is 0 Å². The summed E-state index contributed by atoms with van der Waals surface area (Å²) in [7, 11) is 0. The van der Waals surface area contributed by atoms with Crippen molar-refractivity contribution < 1.29 is 24.6 Å². The molecule has 0 fully saturated rings. The topological polar surface area (TPSA) is 0 Å². The van der Waals surface area contributed by atoms with Crippen LogP contribution >= 0.6 is 0 Å². The number of rotatable bonds is 0. The Hall–Kier alpha value is 0.194. The Balaban J connectivity index is -0.000000120. The summed E-state index contributed by atoms with van der Waals surface area (Å²) in [4.78, 5) is 0. The third-order valence-corrected chi connectivity index (χ3v) is 0.867. The summed E-state index contributed by atoms with van der Waals surface area (Å²) in [5.41, 5.74) is 1.27. The molecule has 0 aromatic carbocycles. The Kier molecular flexibility index (Phi) is 3.32. The minimum absolute atomic E-state index is 0. The molecular formula is C6H9Ti. The zero-order valence-corrected chi connectivity index (χ0v) is 5.92. The van der Waals surface area contributed by atoms with Crippen LogP contribution in [-0.2, 0) is 21.7 Å². The van der Waals surface area contributed by atoms with Crippen LogP contribution in [0.5, 0.6) is 0 Å². The zero-order valence-electron chi connectivity index (χ0n) is 6.36. The SMILES string of the molecule is CC1=[C-]CC=C1.[H-].[H-].[Ti+3]. The normalized spacial score (nSPS) is 15.9. The van der Waals surface area contributed by atoms with E-state index < -0.39 is 0 Å². The largest absolute Gasteiger partial charge is 3.00 e. The second-order valence-corrected chi connectivity index (χ2v) is 1.47. The molecule has 0 nitrogen and oxygen atoms in total. The Morgan fingerprint density at radius 1 is 1.86 bits per heavy atom. The van der Waals surface area contributed by atoms with Gasteiger partial charge in [-0.25, -0.2) is 11.6 Å². The van der Waals surface area contributed by atoms with Gasteiger partial charge in [0.2, 0.25) is 0 Å². The molecule has 0 bridgehead atoms. The van der Waals surface area contributed by atoms with Crippen LogP contribution in [-0.4, -0.2) is 0 Å². The molecule has 1 aliphatic carbocycles. The van der Waals surface area contributed by atoms with Gasteiger partial charge in [0.05, 0.1) is 0 Å². The molecule has 1 rings (SSSR count). The zero-order chi connectivity index (χ0) is 4.41. The Morgan fingerprint density at radius 3 is 2.71 bits per heavy atom. The van der Waals surface area contributed by atoms with Crippen LogP contribution in [0.1, 0.15) is 16.2 Å². The molecule has 1 radical (unpaired) electrons. The monoisotopic (exact) mass is 129 g/mol. The van der Waals surface area contributed by atoms with Gasteiger partial charge in [0.25, 0.3) is 0 Å². The van der Waals surface area contributed by atoms with Crippen molar-refractivity contribution in [1.82, 2.24) is 0 Å². The quantitative estimate of drug-likeness (QED) is 0.346. The van der Waals surface area contributed by atoms with Crippen LogP contribution in [0.15, 0.2) is 17.7 Å². The van der Waals surface area contributed by atoms with Crippen molar-refractivity contribution in [2.45, 2.75) is 13.3 Å². The van der Waals surface area contributed by atoms with Crippen LogP contribution in [0.25, 0.3) is 0 Å². The third-order valence-electron chi connectivity index (χ3n) is 0.867. The van der Waals surface area contributed by atoms with Gasteiger partial charge < -0.3 is 2.85 Å². The van der Waals surface area contributed by atoms with Crippen LogP contribution in [0.3, 0.4) is 0 Å². The van der Waals surface area contributed by atoms with Crippen LogP contribution in [0, 0.1) is 6.08 Å². The van der Waals surface area contributed by atoms with Crippen LogP contribution in [0.4, 0.5) is 0 Å². The average molecular weight is 129 g/mol. The molecule has 0 N–H and O–H groups in total. The Morgan fingerprint density at radius 2 is 2.57 bits per heavy atom. The molecule has 0 aromatic rings. The van der Waals surface area contributed by atoms with Gasteiger partial charge in [0.1, 0.15) is 0 Å². The maximum atomic E-state index is 3.12. The van der Waals surface area contributed by atoms with E-state index in [9.17, 15) is 0 Å². The second-order valence-electron chi connectivity index (χ2n) is 1.47. The van der Waals surface area contributed by atoms with Gasteiger partial charge in [0.15, 0.2) is 0 Å². The summed E-state index contributed by atoms with van der Waals surface area (Å²) in [5, 5.41) is 0. The molecule has 0 amide bonds. The first-order chi connectivity index (χ1) is 2.89. The van der Waals surface area contributed by atoms with Crippen molar-refractivity contribution in [3.8, 4) is 0 Å². The third kappa shape index (κ3) is 2.11. The van der Waals surface area contributed by atoms with Gasteiger partial charge in [-0.2, -0.15) is 6.08 Å². The summed E-state index contributed by atoms with van der Waals surface area (Å²) < 4.78 is 0. The maximum absolute atomic E-state index is 3.12. The van der Waals surface area contributed by atoms with Crippen LogP contribution < -0.4 is 0 Å². The molecule has 7 heavy (non-hydrogen) atoms. The molecule has 1 aliphatic rings. The van der Waals surface area contributed by atoms with Crippen molar-refractivity contribution in [2.24, 2.45) is 0 Å². The molecule has 1 heteroatoms. The van der Waals surface area contributed by atoms with Gasteiger partial charge in [0, 0.05) is 0 Å². The standard InChI is InChI=1S/C6H7.Ti.2H/c1-6-4-2-3-5-6;;;/h2,4H,3H2,1H3;;;/q-1;+3;2*-1. The van der Waals surface area contributed by atoms with Gasteiger partial charge in [-0.1, -0.05) is 6.92 Å². The molecule has 0 atom stereocenters. The molecule has 0 heterocycles. The van der Waals surface area contributed by atoms with E-state index in [1.807, 2.05) is 0 Å². The minimum Gasteiger partial charge on any atom is -1.00 e. The molecule has 0 saturated carbocycles. The fraction of sp³-hybridized carbons (Fsp3) is 0.333. The minimum atomic E-state index is 0. The van der Waals surface area contributed by atoms with Gasteiger partial charge in [-0.15, -0.1) is 6.42 Å². The van der Waals surface area contributed by atoms with E-state index >= 15 is 0 Å². The van der Waals surface area contributed by atoms with Crippen LogP contribution in [0.2, 0.25) is 0 Å². The van der Waals surface area contributed by atoms with E-state index in [0.717, 1.165) is 6.42 Å². The molecule has 0 unspecified atom stereocenters. The smallest absolute Gasteiger partial charge is 1.00 e. The van der Waals surface area contributed by atoms with Crippen molar-refractivity contribution in [3.63, 3.8) is 0 Å². The Labute approximate surface area is 62.2 Å². The predicted octanol–water partition coefficient (Wildman–Crippen LogP) is 1.92. The number of hydrogen-bond acceptors (Lipinski definition) is 0. The van der Waals surface area contributed by atoms with Gasteiger partial charge in [-0.05, 0) is 0 Å². The van der Waals surface area contributed by atoms with Gasteiger partial charge in [-0.3, -0.25) is 6.08 Å². The fourth-order valence-corrected chi connectivity index (χ4v) is 0.515. The molecule has 0 aliphatic heterocycles. The first kappa shape index (κ1) is 7.19. The number of allylic oxidation sites excluding steroid dienone is 4. The Bertz CT molecular complexity index is 105. The molecular weight excluding hydrogens is 120 g/mol. The van der Waals surface area contributed by atoms with E-state index in [1.54, 1.807) is 0 Å². The van der Waals surface area contributed by atoms with E-state index in [1.165, 1.54) is 5.57 Å². The summed E-state index contributed by atoms with van der Waals surface area (Å²) in [6.45, 7) is 2.06. The van der Waals surface area contributed by atoms with E-state index in [4.69, 9.17) is 0 Å². The summed E-state index contributed by atoms with van der Waals surface area (Å²) in [5.74, 6) is 0. The van der Waals surface area contributed by atoms with Gasteiger partial charge >= 0.3 is 21.7 Å². The predicted molar refractivity (Wildman–Crippen MR) is 28.4 cm³/mol. The van der Waals surface area contributed by atoms with Crippen molar-refractivity contribution in [2.75, 3.05) is 0 Å². The first-order valence-corrected chi connectivity index (χ1v) is 2.13. The average Bonchev–Trinajstić information content (AvgIpc) is 1.86. The molecule has 0 aromatic heterocycles. The van der Waals surface area contributed by atoms with Crippen molar-refractivity contribution in [3.05, 3.63) is 23.8 Å². The first-order valence-electron chi connectivity index (χ1n) is 2.13. The maximum Gasteiger partial charge on any atom is 3.00 e. The summed E-state index contributed by atoms with van der Waals surface area (Å²) >= 11 is 0. The van der Waals surface area contributed by atoms with E-state index in [-0.39, 0.29) is 24.6 Å². The fourth-order valence-electron chi connectivity index (χ4n) is 0.515. The van der Waals surface area contributed by atoms with Crippen molar-refractivity contribution >= 4 is 0 Å². The molecule has 0 saturated heterocycles.